The van der Waals surface area contributed by atoms with Crippen LogP contribution in [0.4, 0.5) is 10.1 Å². The third kappa shape index (κ3) is 3.51. The molecule has 0 radical (unpaired) electrons. The van der Waals surface area contributed by atoms with E-state index in [0.717, 1.165) is 6.07 Å². The number of benzene rings is 1. The first-order valence-corrected chi connectivity index (χ1v) is 12.4. The summed E-state index contributed by atoms with van der Waals surface area (Å²) in [7, 11) is 2.77. The molecule has 1 fully saturated rings. The Morgan fingerprint density at radius 3 is 2.43 bits per heavy atom. The summed E-state index contributed by atoms with van der Waals surface area (Å²) in [6.45, 7) is 0. The zero-order valence-electron chi connectivity index (χ0n) is 19.4. The molecule has 4 atom stereocenters. The normalized spacial score (nSPS) is 29.2. The maximum atomic E-state index is 14.8. The van der Waals surface area contributed by atoms with Crippen LogP contribution in [-0.4, -0.2) is 78.7 Å². The van der Waals surface area contributed by atoms with Gasteiger partial charge in [-0.1, -0.05) is 27.5 Å². The van der Waals surface area contributed by atoms with E-state index in [9.17, 15) is 44.0 Å². The number of aromatic hydroxyl groups is 1. The Morgan fingerprint density at radius 2 is 1.89 bits per heavy atom. The van der Waals surface area contributed by atoms with Crippen molar-refractivity contribution in [2.45, 2.75) is 23.4 Å². The van der Waals surface area contributed by atoms with E-state index in [2.05, 4.69) is 21.2 Å². The van der Waals surface area contributed by atoms with Gasteiger partial charge in [0.1, 0.15) is 22.8 Å². The Balaban J connectivity index is 1.96. The highest BCUT2D eigenvalue weighted by Gasteiger charge is 2.69. The van der Waals surface area contributed by atoms with E-state index in [0.29, 0.717) is 0 Å². The minimum absolute atomic E-state index is 0.0843. The van der Waals surface area contributed by atoms with Gasteiger partial charge in [0.2, 0.25) is 17.5 Å². The number of ketones is 2. The molecule has 14 heteroatoms. The lowest BCUT2D eigenvalue weighted by Gasteiger charge is -2.53. The van der Waals surface area contributed by atoms with Crippen LogP contribution < -0.4 is 11.1 Å². The van der Waals surface area contributed by atoms with Crippen molar-refractivity contribution >= 4 is 62.4 Å². The van der Waals surface area contributed by atoms with Crippen LogP contribution in [-0.2, 0) is 25.6 Å². The Hall–Kier alpha value is -3.00. The maximum absolute atomic E-state index is 14.8. The maximum Gasteiger partial charge on any atom is 0.256 e. The molecule has 0 spiro atoms. The SMILES string of the molecule is CN(C)[C@@]1(Cl)C(O)=C(C(N)=O)C(=O)C2(O)C(=O)C3=C(O)c4c(cc(F)c(NC(=O)CBr)c4O)CC3CC21. The van der Waals surface area contributed by atoms with Gasteiger partial charge in [-0.05, 0) is 44.5 Å². The monoisotopic (exact) mass is 601 g/mol. The van der Waals surface area contributed by atoms with Crippen LogP contribution in [0.15, 0.2) is 23.0 Å². The van der Waals surface area contributed by atoms with Gasteiger partial charge in [0.25, 0.3) is 5.91 Å². The molecule has 1 saturated carbocycles. The smallest absolute Gasteiger partial charge is 0.256 e. The quantitative estimate of drug-likeness (QED) is 0.0960. The predicted molar refractivity (Wildman–Crippen MR) is 131 cm³/mol. The van der Waals surface area contributed by atoms with Crippen molar-refractivity contribution in [1.82, 2.24) is 4.90 Å². The molecule has 0 heterocycles. The van der Waals surface area contributed by atoms with E-state index in [1.54, 1.807) is 0 Å². The molecule has 0 bridgehead atoms. The number of hydrogen-bond acceptors (Lipinski definition) is 9. The molecule has 3 aliphatic carbocycles. The number of fused-ring (bicyclic) bond motifs is 3. The van der Waals surface area contributed by atoms with Crippen LogP contribution in [0.2, 0.25) is 0 Å². The molecule has 37 heavy (non-hydrogen) atoms. The number of hydrogen-bond donors (Lipinski definition) is 6. The van der Waals surface area contributed by atoms with Crippen molar-refractivity contribution in [1.29, 1.82) is 0 Å². The summed E-state index contributed by atoms with van der Waals surface area (Å²) in [4.78, 5) is 50.0. The van der Waals surface area contributed by atoms with Crippen molar-refractivity contribution in [3.63, 3.8) is 0 Å². The van der Waals surface area contributed by atoms with Crippen molar-refractivity contribution < 1.29 is 44.0 Å². The molecular weight excluding hydrogens is 581 g/mol. The molecule has 0 saturated heterocycles. The Morgan fingerprint density at radius 1 is 1.27 bits per heavy atom. The Bertz CT molecular complexity index is 1360. The number of Topliss-reactive ketones (excluding diaryl/α,β-unsaturated/α-hetero) is 2. The molecule has 3 unspecified atom stereocenters. The average Bonchev–Trinajstić information content (AvgIpc) is 2.81. The minimum Gasteiger partial charge on any atom is -0.508 e. The van der Waals surface area contributed by atoms with Crippen LogP contribution >= 0.6 is 27.5 Å². The van der Waals surface area contributed by atoms with Gasteiger partial charge in [-0.2, -0.15) is 0 Å². The molecule has 3 aliphatic rings. The third-order valence-electron chi connectivity index (χ3n) is 7.20. The van der Waals surface area contributed by atoms with Crippen LogP contribution in [0.1, 0.15) is 17.5 Å². The van der Waals surface area contributed by atoms with Crippen LogP contribution in [0.3, 0.4) is 0 Å². The molecule has 1 aromatic carbocycles. The number of rotatable bonds is 4. The molecule has 198 valence electrons. The van der Waals surface area contributed by atoms with Gasteiger partial charge in [0.15, 0.2) is 22.2 Å². The first-order valence-electron chi connectivity index (χ1n) is 10.9. The van der Waals surface area contributed by atoms with Crippen molar-refractivity contribution in [2.24, 2.45) is 17.6 Å². The number of alkyl halides is 2. The molecular formula is C23H22BrClFN3O8. The van der Waals surface area contributed by atoms with Crippen LogP contribution in [0.5, 0.6) is 5.75 Å². The highest BCUT2D eigenvalue weighted by atomic mass is 79.9. The summed E-state index contributed by atoms with van der Waals surface area (Å²) in [5, 5.41) is 46.2. The van der Waals surface area contributed by atoms with Gasteiger partial charge in [0.05, 0.1) is 10.9 Å². The van der Waals surface area contributed by atoms with E-state index < -0.39 is 85.7 Å². The number of primary amides is 1. The van der Waals surface area contributed by atoms with Crippen molar-refractivity contribution in [3.05, 3.63) is 39.9 Å². The second-order valence-corrected chi connectivity index (χ2v) is 10.5. The Labute approximate surface area is 222 Å². The molecule has 2 amide bonds. The third-order valence-corrected chi connectivity index (χ3v) is 8.49. The van der Waals surface area contributed by atoms with E-state index >= 15 is 0 Å². The second-order valence-electron chi connectivity index (χ2n) is 9.33. The topological polar surface area (TPSA) is 190 Å². The number of carbonyl (C=O) groups is 4. The van der Waals surface area contributed by atoms with Gasteiger partial charge in [0, 0.05) is 11.5 Å². The largest absolute Gasteiger partial charge is 0.508 e. The first-order chi connectivity index (χ1) is 17.1. The number of nitrogens with two attached hydrogens (primary N) is 1. The number of phenols is 1. The van der Waals surface area contributed by atoms with Gasteiger partial charge in [-0.3, -0.25) is 24.1 Å². The molecule has 7 N–H and O–H groups in total. The number of carbonyl (C=O) groups excluding carboxylic acids is 4. The lowest BCUT2D eigenvalue weighted by molar-refractivity contribution is -0.164. The minimum atomic E-state index is -3.01. The number of aliphatic hydroxyl groups excluding tert-OH is 2. The van der Waals surface area contributed by atoms with Gasteiger partial charge < -0.3 is 31.5 Å². The fourth-order valence-corrected chi connectivity index (χ4v) is 5.98. The lowest BCUT2D eigenvalue weighted by atomic mass is 9.57. The lowest BCUT2D eigenvalue weighted by Crippen LogP contribution is -2.70. The summed E-state index contributed by atoms with van der Waals surface area (Å²) < 4.78 is 14.8. The fraction of sp³-hybridized carbons (Fsp3) is 0.391. The number of likely N-dealkylation sites (N-methyl/N-ethyl adjacent to an activating group) is 1. The number of amides is 2. The van der Waals surface area contributed by atoms with Crippen molar-refractivity contribution in [2.75, 3.05) is 24.7 Å². The average molecular weight is 603 g/mol. The number of halogens is 3. The highest BCUT2D eigenvalue weighted by molar-refractivity contribution is 9.09. The molecule has 0 aliphatic heterocycles. The predicted octanol–water partition coefficient (Wildman–Crippen LogP) is 1.00. The first kappa shape index (κ1) is 27.0. The van der Waals surface area contributed by atoms with Crippen LogP contribution in [0.25, 0.3) is 5.76 Å². The highest BCUT2D eigenvalue weighted by Crippen LogP contribution is 2.57. The fourth-order valence-electron chi connectivity index (χ4n) is 5.50. The van der Waals surface area contributed by atoms with Gasteiger partial charge in [-0.25, -0.2) is 4.39 Å². The summed E-state index contributed by atoms with van der Waals surface area (Å²) in [6.07, 6.45) is -0.402. The molecule has 0 aromatic heterocycles. The number of nitrogens with one attached hydrogen (secondary N) is 1. The van der Waals surface area contributed by atoms with E-state index in [1.807, 2.05) is 0 Å². The number of phenolic OH excluding ortho intramolecular Hbond substituents is 1. The zero-order valence-corrected chi connectivity index (χ0v) is 21.8. The zero-order chi connectivity index (χ0) is 27.8. The van der Waals surface area contributed by atoms with Crippen molar-refractivity contribution in [3.8, 4) is 5.75 Å². The Kier molecular flexibility index (Phi) is 6.43. The van der Waals surface area contributed by atoms with Crippen LogP contribution in [0, 0.1) is 17.7 Å². The summed E-state index contributed by atoms with van der Waals surface area (Å²) in [6, 6.07) is 0.978. The molecule has 11 nitrogen and oxygen atoms in total. The van der Waals surface area contributed by atoms with Gasteiger partial charge in [-0.15, -0.1) is 0 Å². The van der Waals surface area contributed by atoms with E-state index in [4.69, 9.17) is 17.3 Å². The number of nitrogens with zero attached hydrogens (tertiary/aromatic N) is 1. The standard InChI is InChI=1S/C23H22BrClFN3O8/c1-29(2)23(25)10-5-8-3-7-4-9(26)15(28-11(30)6-24)17(32)12(7)16(31)13(8)18(33)22(10,37)19(34)14(20(23)35)21(27)36/h4,8,10,31-32,35,37H,3,5-6H2,1-2H3,(H2,27,36)(H,28,30)/t8?,10?,22?,23-/m1/s1. The summed E-state index contributed by atoms with van der Waals surface area (Å²) >= 11 is 9.61. The molecule has 1 aromatic rings. The van der Waals surface area contributed by atoms with E-state index in [-0.39, 0.29) is 29.3 Å². The number of aliphatic hydroxyl groups is 3. The summed E-state index contributed by atoms with van der Waals surface area (Å²) in [5.41, 5.74) is -0.175. The van der Waals surface area contributed by atoms with E-state index in [1.165, 1.54) is 19.0 Å². The summed E-state index contributed by atoms with van der Waals surface area (Å²) in [5.74, 6) is -11.0. The van der Waals surface area contributed by atoms with Gasteiger partial charge >= 0.3 is 0 Å². The number of anilines is 1. The second kappa shape index (κ2) is 8.79. The molecule has 4 rings (SSSR count).